The van der Waals surface area contributed by atoms with Crippen LogP contribution < -0.4 is 5.32 Å². The number of thioether (sulfide) groups is 1. The van der Waals surface area contributed by atoms with Gasteiger partial charge >= 0.3 is 12.0 Å². The van der Waals surface area contributed by atoms with E-state index in [4.69, 9.17) is 0 Å². The van der Waals surface area contributed by atoms with Gasteiger partial charge in [-0.05, 0) is 39.5 Å². The zero-order valence-corrected chi connectivity index (χ0v) is 11.8. The van der Waals surface area contributed by atoms with Gasteiger partial charge in [0, 0.05) is 11.3 Å². The molecule has 0 radical (unpaired) electrons. The first-order valence-corrected chi connectivity index (χ1v) is 7.29. The number of carboxylic acids is 1. The summed E-state index contributed by atoms with van der Waals surface area (Å²) < 4.78 is 0. The third-order valence-electron chi connectivity index (χ3n) is 3.06. The second-order valence-electron chi connectivity index (χ2n) is 6.00. The largest absolute Gasteiger partial charge is 0.480 e. The minimum absolute atomic E-state index is 0.0356. The summed E-state index contributed by atoms with van der Waals surface area (Å²) in [4.78, 5) is 25.0. The molecule has 1 saturated carbocycles. The molecule has 1 saturated heterocycles. The molecule has 1 heterocycles. The molecule has 1 aliphatic carbocycles. The van der Waals surface area contributed by atoms with Gasteiger partial charge in [-0.25, -0.2) is 9.59 Å². The summed E-state index contributed by atoms with van der Waals surface area (Å²) in [5, 5.41) is 12.1. The van der Waals surface area contributed by atoms with Crippen molar-refractivity contribution in [1.82, 2.24) is 10.2 Å². The van der Waals surface area contributed by atoms with Crippen LogP contribution in [0, 0.1) is 5.92 Å². The van der Waals surface area contributed by atoms with E-state index in [1.807, 2.05) is 20.8 Å². The number of nitrogens with one attached hydrogen (secondary N) is 1. The van der Waals surface area contributed by atoms with Crippen LogP contribution in [0.3, 0.4) is 0 Å². The third kappa shape index (κ3) is 2.91. The summed E-state index contributed by atoms with van der Waals surface area (Å²) in [7, 11) is 0. The van der Waals surface area contributed by atoms with Crippen molar-refractivity contribution < 1.29 is 14.7 Å². The standard InChI is InChI=1S/C12H20N2O3S/c1-12(2,3)13-11(17)14-8(10(15)16)6-18-9(14)7-4-5-7/h7-9H,4-6H2,1-3H3,(H,13,17)(H,15,16). The number of carboxylic acid groups (broad SMARTS) is 1. The fourth-order valence-electron chi connectivity index (χ4n) is 2.10. The van der Waals surface area contributed by atoms with Gasteiger partial charge in [0.2, 0.25) is 0 Å². The van der Waals surface area contributed by atoms with Crippen molar-refractivity contribution >= 4 is 23.8 Å². The van der Waals surface area contributed by atoms with Gasteiger partial charge in [0.1, 0.15) is 6.04 Å². The Morgan fingerprint density at radius 2 is 1.94 bits per heavy atom. The Hall–Kier alpha value is -0.910. The van der Waals surface area contributed by atoms with E-state index in [0.29, 0.717) is 11.7 Å². The molecular weight excluding hydrogens is 252 g/mol. The number of amides is 2. The quantitative estimate of drug-likeness (QED) is 0.803. The maximum atomic E-state index is 12.3. The summed E-state index contributed by atoms with van der Waals surface area (Å²) in [6.45, 7) is 5.70. The number of urea groups is 1. The first-order valence-electron chi connectivity index (χ1n) is 6.24. The van der Waals surface area contributed by atoms with Gasteiger partial charge < -0.3 is 10.4 Å². The highest BCUT2D eigenvalue weighted by Gasteiger charge is 2.48. The Labute approximate surface area is 111 Å². The summed E-state index contributed by atoms with van der Waals surface area (Å²) in [6.07, 6.45) is 2.20. The fourth-order valence-corrected chi connectivity index (χ4v) is 3.74. The molecule has 2 rings (SSSR count). The molecule has 1 aliphatic heterocycles. The maximum Gasteiger partial charge on any atom is 0.327 e. The van der Waals surface area contributed by atoms with Crippen molar-refractivity contribution in [3.05, 3.63) is 0 Å². The summed E-state index contributed by atoms with van der Waals surface area (Å²) in [5.74, 6) is 0.0633. The highest BCUT2D eigenvalue weighted by atomic mass is 32.2. The topological polar surface area (TPSA) is 69.6 Å². The average molecular weight is 272 g/mol. The number of hydrogen-bond donors (Lipinski definition) is 2. The van der Waals surface area contributed by atoms with Crippen LogP contribution in [-0.2, 0) is 4.79 Å². The van der Waals surface area contributed by atoms with Crippen LogP contribution in [0.1, 0.15) is 33.6 Å². The van der Waals surface area contributed by atoms with Crippen LogP contribution in [0.5, 0.6) is 0 Å². The molecular formula is C12H20N2O3S. The zero-order chi connectivity index (χ0) is 13.5. The number of rotatable bonds is 2. The number of hydrogen-bond acceptors (Lipinski definition) is 3. The molecule has 0 aromatic rings. The van der Waals surface area contributed by atoms with Crippen molar-refractivity contribution in [2.75, 3.05) is 5.75 Å². The molecule has 2 fully saturated rings. The van der Waals surface area contributed by atoms with E-state index in [9.17, 15) is 14.7 Å². The highest BCUT2D eigenvalue weighted by Crippen LogP contribution is 2.45. The molecule has 0 aromatic carbocycles. The third-order valence-corrected chi connectivity index (χ3v) is 4.52. The van der Waals surface area contributed by atoms with E-state index in [0.717, 1.165) is 12.8 Å². The molecule has 2 atom stereocenters. The van der Waals surface area contributed by atoms with Crippen LogP contribution in [0.2, 0.25) is 0 Å². The second kappa shape index (κ2) is 4.64. The summed E-state index contributed by atoms with van der Waals surface area (Å²) in [6, 6.07) is -0.945. The van der Waals surface area contributed by atoms with Crippen molar-refractivity contribution in [2.45, 2.75) is 50.6 Å². The number of carbonyl (C=O) groups excluding carboxylic acids is 1. The molecule has 0 spiro atoms. The molecule has 102 valence electrons. The Balaban J connectivity index is 2.12. The van der Waals surface area contributed by atoms with E-state index >= 15 is 0 Å². The van der Waals surface area contributed by atoms with Crippen LogP contribution >= 0.6 is 11.8 Å². The fraction of sp³-hybridized carbons (Fsp3) is 0.833. The van der Waals surface area contributed by atoms with Crippen molar-refractivity contribution in [2.24, 2.45) is 5.92 Å². The van der Waals surface area contributed by atoms with Gasteiger partial charge in [-0.3, -0.25) is 4.90 Å². The SMILES string of the molecule is CC(C)(C)NC(=O)N1C(C(=O)O)CSC1C1CC1. The minimum Gasteiger partial charge on any atom is -0.480 e. The van der Waals surface area contributed by atoms with Crippen LogP contribution in [0.25, 0.3) is 0 Å². The molecule has 5 nitrogen and oxygen atoms in total. The van der Waals surface area contributed by atoms with Crippen molar-refractivity contribution in [3.8, 4) is 0 Å². The lowest BCUT2D eigenvalue weighted by atomic mass is 10.1. The van der Waals surface area contributed by atoms with E-state index in [1.54, 1.807) is 11.8 Å². The molecule has 18 heavy (non-hydrogen) atoms. The molecule has 2 aliphatic rings. The molecule has 0 bridgehead atoms. The Kier molecular flexibility index (Phi) is 3.49. The number of carbonyl (C=O) groups is 2. The van der Waals surface area contributed by atoms with Crippen molar-refractivity contribution in [1.29, 1.82) is 0 Å². The van der Waals surface area contributed by atoms with E-state index in [2.05, 4.69) is 5.32 Å². The lowest BCUT2D eigenvalue weighted by Crippen LogP contribution is -2.54. The number of nitrogens with zero attached hydrogens (tertiary/aromatic N) is 1. The normalized spacial score (nSPS) is 28.3. The van der Waals surface area contributed by atoms with Gasteiger partial charge in [0.25, 0.3) is 0 Å². The maximum absolute atomic E-state index is 12.3. The predicted molar refractivity (Wildman–Crippen MR) is 70.5 cm³/mol. The molecule has 0 aromatic heterocycles. The molecule has 2 unspecified atom stereocenters. The monoisotopic (exact) mass is 272 g/mol. The van der Waals surface area contributed by atoms with E-state index < -0.39 is 12.0 Å². The van der Waals surface area contributed by atoms with Crippen molar-refractivity contribution in [3.63, 3.8) is 0 Å². The van der Waals surface area contributed by atoms with E-state index in [-0.39, 0.29) is 16.9 Å². The Bertz CT molecular complexity index is 363. The van der Waals surface area contributed by atoms with Crippen LogP contribution in [0.4, 0.5) is 4.79 Å². The van der Waals surface area contributed by atoms with Gasteiger partial charge in [0.15, 0.2) is 0 Å². The van der Waals surface area contributed by atoms with Gasteiger partial charge in [0.05, 0.1) is 5.37 Å². The van der Waals surface area contributed by atoms with Crippen LogP contribution in [0.15, 0.2) is 0 Å². The Morgan fingerprint density at radius 3 is 2.39 bits per heavy atom. The highest BCUT2D eigenvalue weighted by molar-refractivity contribution is 8.00. The first-order chi connectivity index (χ1) is 8.29. The van der Waals surface area contributed by atoms with Gasteiger partial charge in [-0.1, -0.05) is 0 Å². The van der Waals surface area contributed by atoms with Gasteiger partial charge in [-0.15, -0.1) is 11.8 Å². The summed E-state index contributed by atoms with van der Waals surface area (Å²) >= 11 is 1.60. The van der Waals surface area contributed by atoms with Crippen LogP contribution in [-0.4, -0.2) is 44.7 Å². The van der Waals surface area contributed by atoms with Gasteiger partial charge in [-0.2, -0.15) is 0 Å². The lowest BCUT2D eigenvalue weighted by Gasteiger charge is -2.31. The number of aliphatic carboxylic acids is 1. The molecule has 6 heteroatoms. The Morgan fingerprint density at radius 1 is 1.33 bits per heavy atom. The molecule has 2 amide bonds. The minimum atomic E-state index is -0.908. The summed E-state index contributed by atoms with van der Waals surface area (Å²) in [5.41, 5.74) is -0.346. The zero-order valence-electron chi connectivity index (χ0n) is 11.0. The molecule has 2 N–H and O–H groups in total. The average Bonchev–Trinajstić information content (AvgIpc) is 2.93. The smallest absolute Gasteiger partial charge is 0.327 e. The predicted octanol–water partition coefficient (Wildman–Crippen LogP) is 1.73. The first kappa shape index (κ1) is 13.5. The second-order valence-corrected chi connectivity index (χ2v) is 7.15. The lowest BCUT2D eigenvalue weighted by molar-refractivity contribution is -0.141. The van der Waals surface area contributed by atoms with E-state index in [1.165, 1.54) is 4.90 Å².